The van der Waals surface area contributed by atoms with Gasteiger partial charge in [0.15, 0.2) is 11.5 Å². The smallest absolute Gasteiger partial charge is 0.349 e. The van der Waals surface area contributed by atoms with Crippen molar-refractivity contribution in [1.29, 1.82) is 0 Å². The number of piperidine rings is 1. The highest BCUT2D eigenvalue weighted by Gasteiger charge is 2.30. The number of carboxylic acids is 2. The van der Waals surface area contributed by atoms with Crippen molar-refractivity contribution in [3.8, 4) is 16.2 Å². The van der Waals surface area contributed by atoms with Crippen LogP contribution in [-0.2, 0) is 9.59 Å². The van der Waals surface area contributed by atoms with Crippen LogP contribution in [0, 0.1) is 12.8 Å². The van der Waals surface area contributed by atoms with Crippen LogP contribution in [0.5, 0.6) is 5.75 Å². The molecule has 1 saturated heterocycles. The number of thiophene rings is 1. The molecule has 0 saturated carbocycles. The second-order valence-electron chi connectivity index (χ2n) is 8.99. The van der Waals surface area contributed by atoms with Gasteiger partial charge in [-0.25, -0.2) is 9.59 Å². The first-order valence-electron chi connectivity index (χ1n) is 12.1. The van der Waals surface area contributed by atoms with E-state index in [-0.39, 0.29) is 22.5 Å². The molecular formula is C27H28ClN3O6S. The summed E-state index contributed by atoms with van der Waals surface area (Å²) in [6.07, 6.45) is 1.66. The number of halogens is 1. The number of ether oxygens (including phenoxy) is 1. The van der Waals surface area contributed by atoms with Crippen molar-refractivity contribution in [3.05, 3.63) is 64.0 Å². The van der Waals surface area contributed by atoms with Crippen LogP contribution in [0.2, 0.25) is 5.02 Å². The van der Waals surface area contributed by atoms with Gasteiger partial charge in [-0.15, -0.1) is 11.3 Å². The molecule has 9 nitrogen and oxygen atoms in total. The zero-order chi connectivity index (χ0) is 27.2. The van der Waals surface area contributed by atoms with Crippen molar-refractivity contribution in [2.24, 2.45) is 5.92 Å². The molecule has 1 fully saturated rings. The quantitative estimate of drug-likeness (QED) is 0.236. The van der Waals surface area contributed by atoms with Crippen molar-refractivity contribution in [2.45, 2.75) is 25.8 Å². The molecule has 1 aliphatic rings. The lowest BCUT2D eigenvalue weighted by molar-refractivity contribution is -0.139. The van der Waals surface area contributed by atoms with Crippen LogP contribution < -0.4 is 20.7 Å². The zero-order valence-electron chi connectivity index (χ0n) is 20.6. The molecule has 2 heterocycles. The van der Waals surface area contributed by atoms with E-state index >= 15 is 0 Å². The van der Waals surface area contributed by atoms with Crippen LogP contribution in [0.15, 0.2) is 48.5 Å². The molecule has 1 unspecified atom stereocenters. The normalized spacial score (nSPS) is 14.5. The van der Waals surface area contributed by atoms with Crippen molar-refractivity contribution < 1.29 is 29.3 Å². The van der Waals surface area contributed by atoms with Crippen LogP contribution >= 0.6 is 22.9 Å². The monoisotopic (exact) mass is 557 g/mol. The Hall–Kier alpha value is -3.60. The third kappa shape index (κ3) is 6.63. The molecule has 3 aromatic rings. The maximum atomic E-state index is 13.4. The molecule has 1 aromatic heterocycles. The minimum Gasteiger partial charge on any atom is -0.480 e. The summed E-state index contributed by atoms with van der Waals surface area (Å²) in [4.78, 5) is 36.8. The number of carbonyl (C=O) groups excluding carboxylic acids is 1. The number of aromatic carboxylic acids is 1. The number of amides is 1. The summed E-state index contributed by atoms with van der Waals surface area (Å²) in [5, 5.41) is 28.9. The third-order valence-electron chi connectivity index (χ3n) is 6.30. The first kappa shape index (κ1) is 27.4. The Morgan fingerprint density at radius 1 is 1.11 bits per heavy atom. The number of aliphatic carboxylic acids is 1. The molecule has 1 amide bonds. The number of hydrogen-bond donors (Lipinski definition) is 5. The van der Waals surface area contributed by atoms with Gasteiger partial charge >= 0.3 is 11.9 Å². The molecule has 1 atom stereocenters. The molecule has 0 spiro atoms. The Bertz CT molecular complexity index is 1340. The number of nitrogens with one attached hydrogen (secondary N) is 3. The summed E-state index contributed by atoms with van der Waals surface area (Å²) < 4.78 is 5.31. The third-order valence-corrected chi connectivity index (χ3v) is 7.85. The summed E-state index contributed by atoms with van der Waals surface area (Å²) in [5.41, 5.74) is 2.58. The highest BCUT2D eigenvalue weighted by Crippen LogP contribution is 2.42. The summed E-state index contributed by atoms with van der Waals surface area (Å²) in [5.74, 6) is -2.42. The first-order valence-corrected chi connectivity index (χ1v) is 13.3. The number of carbonyl (C=O) groups is 3. The van der Waals surface area contributed by atoms with E-state index in [9.17, 15) is 19.5 Å². The van der Waals surface area contributed by atoms with Crippen molar-refractivity contribution in [3.63, 3.8) is 0 Å². The van der Waals surface area contributed by atoms with E-state index < -0.39 is 24.6 Å². The molecule has 0 aliphatic carbocycles. The van der Waals surface area contributed by atoms with Crippen LogP contribution in [0.1, 0.15) is 28.1 Å². The number of benzene rings is 2. The molecule has 5 N–H and O–H groups in total. The molecule has 38 heavy (non-hydrogen) atoms. The van der Waals surface area contributed by atoms with Gasteiger partial charge in [0.2, 0.25) is 5.91 Å². The molecule has 11 heteroatoms. The van der Waals surface area contributed by atoms with Gasteiger partial charge in [-0.3, -0.25) is 4.79 Å². The van der Waals surface area contributed by atoms with Gasteiger partial charge < -0.3 is 30.9 Å². The second-order valence-corrected chi connectivity index (χ2v) is 10.4. The van der Waals surface area contributed by atoms with E-state index in [0.29, 0.717) is 26.8 Å². The van der Waals surface area contributed by atoms with E-state index in [2.05, 4.69) is 16.0 Å². The lowest BCUT2D eigenvalue weighted by atomic mass is 9.89. The summed E-state index contributed by atoms with van der Waals surface area (Å²) >= 11 is 7.11. The lowest BCUT2D eigenvalue weighted by Gasteiger charge is -2.31. The molecule has 4 rings (SSSR count). The highest BCUT2D eigenvalue weighted by atomic mass is 35.5. The Morgan fingerprint density at radius 2 is 1.82 bits per heavy atom. The van der Waals surface area contributed by atoms with Crippen LogP contribution in [0.4, 0.5) is 11.4 Å². The second kappa shape index (κ2) is 12.3. The fourth-order valence-electron chi connectivity index (χ4n) is 4.51. The number of anilines is 2. The van der Waals surface area contributed by atoms with Crippen molar-refractivity contribution >= 4 is 52.2 Å². The topological polar surface area (TPSA) is 137 Å². The Balaban J connectivity index is 1.62. The van der Waals surface area contributed by atoms with Gasteiger partial charge in [-0.05, 0) is 74.7 Å². The molecule has 2 aromatic carbocycles. The van der Waals surface area contributed by atoms with Gasteiger partial charge in [0, 0.05) is 26.8 Å². The predicted octanol–water partition coefficient (Wildman–Crippen LogP) is 4.96. The lowest BCUT2D eigenvalue weighted by Crippen LogP contribution is -2.45. The van der Waals surface area contributed by atoms with Gasteiger partial charge in [-0.1, -0.05) is 29.8 Å². The molecule has 0 bridgehead atoms. The van der Waals surface area contributed by atoms with Crippen LogP contribution in [0.3, 0.4) is 0 Å². The van der Waals surface area contributed by atoms with Crippen LogP contribution in [-0.4, -0.2) is 53.8 Å². The molecule has 1 aliphatic heterocycles. The van der Waals surface area contributed by atoms with E-state index in [1.807, 2.05) is 24.3 Å². The average molecular weight is 558 g/mol. The van der Waals surface area contributed by atoms with E-state index in [1.165, 1.54) is 0 Å². The maximum absolute atomic E-state index is 13.4. The Morgan fingerprint density at radius 3 is 2.50 bits per heavy atom. The zero-order valence-corrected chi connectivity index (χ0v) is 22.2. The van der Waals surface area contributed by atoms with Crippen molar-refractivity contribution in [2.75, 3.05) is 30.3 Å². The average Bonchev–Trinajstić information content (AvgIpc) is 3.23. The largest absolute Gasteiger partial charge is 0.480 e. The van der Waals surface area contributed by atoms with E-state index in [4.69, 9.17) is 21.4 Å². The Kier molecular flexibility index (Phi) is 8.88. The summed E-state index contributed by atoms with van der Waals surface area (Å²) in [6, 6.07) is 13.9. The number of hydrogen-bond acceptors (Lipinski definition) is 7. The SMILES string of the molecule is Cc1c(-c2cccc(NC(C(=O)Nc3cccc(Cl)c3)C3CCNCC3)c2)sc(C(=O)O)c1OCC(=O)O. The van der Waals surface area contributed by atoms with Crippen molar-refractivity contribution in [1.82, 2.24) is 5.32 Å². The first-order chi connectivity index (χ1) is 18.2. The fourth-order valence-corrected chi connectivity index (χ4v) is 5.79. The summed E-state index contributed by atoms with van der Waals surface area (Å²) in [7, 11) is 0. The molecule has 0 radical (unpaired) electrons. The molecular weight excluding hydrogens is 530 g/mol. The number of carboxylic acid groups (broad SMARTS) is 2. The summed E-state index contributed by atoms with van der Waals surface area (Å²) in [6.45, 7) is 2.70. The highest BCUT2D eigenvalue weighted by molar-refractivity contribution is 7.18. The predicted molar refractivity (Wildman–Crippen MR) is 148 cm³/mol. The van der Waals surface area contributed by atoms with Gasteiger partial charge in [-0.2, -0.15) is 0 Å². The maximum Gasteiger partial charge on any atom is 0.349 e. The minimum absolute atomic E-state index is 0.0479. The van der Waals surface area contributed by atoms with Gasteiger partial charge in [0.05, 0.1) is 0 Å². The van der Waals surface area contributed by atoms with Gasteiger partial charge in [0.1, 0.15) is 11.8 Å². The Labute approximate surface area is 228 Å². The van der Waals surface area contributed by atoms with E-state index in [0.717, 1.165) is 42.8 Å². The standard InChI is InChI=1S/C27H28ClN3O6S/c1-15-23(37-14-21(32)33)25(27(35)36)38-24(15)17-4-2-6-19(12-17)30-22(16-8-10-29-11-9-16)26(34)31-20-7-3-5-18(28)13-20/h2-7,12-13,16,22,29-30H,8-11,14H2,1H3,(H,31,34)(H,32,33)(H,35,36). The minimum atomic E-state index is -1.19. The number of rotatable bonds is 10. The molecule has 200 valence electrons. The van der Waals surface area contributed by atoms with Crippen LogP contribution in [0.25, 0.3) is 10.4 Å². The van der Waals surface area contributed by atoms with E-state index in [1.54, 1.807) is 31.2 Å². The fraction of sp³-hybridized carbons (Fsp3) is 0.296. The van der Waals surface area contributed by atoms with Gasteiger partial charge in [0.25, 0.3) is 0 Å².